The van der Waals surface area contributed by atoms with Crippen molar-refractivity contribution in [3.8, 4) is 11.5 Å². The molecule has 5 heterocycles. The van der Waals surface area contributed by atoms with E-state index in [4.69, 9.17) is 9.57 Å². The SMILES string of the molecule is CCC1=CC(C)(C)[N+](CC)=c2cc3c(cc21)=C(c1n(CC(=O)C(=O)ON2C(=O)CCC2=O)cc[n+]1C)c1cc2c(cc1O3)N(CC)C(C)(C)CC2CS(=O)(=O)[O-].CC[NH+](CC)CC. The highest BCUT2D eigenvalue weighted by atomic mass is 32.2. The van der Waals surface area contributed by atoms with Crippen molar-refractivity contribution in [2.75, 3.05) is 43.4 Å². The quantitative estimate of drug-likeness (QED) is 0.0913. The predicted molar refractivity (Wildman–Crippen MR) is 237 cm³/mol. The maximum absolute atomic E-state index is 13.5. The molecular weight excluding hydrogens is 825 g/mol. The number of imide groups is 1. The molecule has 16 heteroatoms. The van der Waals surface area contributed by atoms with Crippen LogP contribution in [0.15, 0.2) is 42.7 Å². The van der Waals surface area contributed by atoms with Gasteiger partial charge in [-0.2, -0.15) is 0 Å². The van der Waals surface area contributed by atoms with E-state index in [1.54, 1.807) is 21.9 Å². The van der Waals surface area contributed by atoms with Crippen LogP contribution in [0.2, 0.25) is 0 Å². The van der Waals surface area contributed by atoms with E-state index < -0.39 is 57.4 Å². The number of aromatic nitrogens is 2. The number of nitrogens with one attached hydrogen (secondary N) is 1. The van der Waals surface area contributed by atoms with E-state index in [2.05, 4.69) is 76.2 Å². The van der Waals surface area contributed by atoms with Gasteiger partial charge in [-0.05, 0) is 90.7 Å². The van der Waals surface area contributed by atoms with Crippen molar-refractivity contribution in [3.63, 3.8) is 0 Å². The van der Waals surface area contributed by atoms with Gasteiger partial charge in [0.1, 0.15) is 30.4 Å². The minimum Gasteiger partial charge on any atom is -0.748 e. The van der Waals surface area contributed by atoms with Crippen LogP contribution in [-0.4, -0.2) is 95.7 Å². The van der Waals surface area contributed by atoms with Gasteiger partial charge in [0.05, 0.1) is 48.4 Å². The van der Waals surface area contributed by atoms with Crippen LogP contribution in [0.25, 0.3) is 11.1 Å². The highest BCUT2D eigenvalue weighted by molar-refractivity contribution is 7.85. The molecule has 1 atom stereocenters. The first kappa shape index (κ1) is 47.3. The van der Waals surface area contributed by atoms with E-state index in [0.29, 0.717) is 57.3 Å². The molecule has 0 bridgehead atoms. The third kappa shape index (κ3) is 9.25. The Morgan fingerprint density at radius 3 is 2.14 bits per heavy atom. The van der Waals surface area contributed by atoms with Crippen LogP contribution in [0.5, 0.6) is 11.5 Å². The summed E-state index contributed by atoms with van der Waals surface area (Å²) in [5, 5.41) is 2.07. The lowest BCUT2D eigenvalue weighted by atomic mass is 9.78. The first-order valence-corrected chi connectivity index (χ1v) is 23.8. The molecule has 7 rings (SSSR count). The molecule has 2 amide bonds. The minimum atomic E-state index is -4.61. The number of ether oxygens (including phenoxy) is 1. The second kappa shape index (κ2) is 18.1. The van der Waals surface area contributed by atoms with Crippen LogP contribution in [0.3, 0.4) is 0 Å². The van der Waals surface area contributed by atoms with Crippen molar-refractivity contribution in [2.24, 2.45) is 7.05 Å². The second-order valence-corrected chi connectivity index (χ2v) is 19.4. The van der Waals surface area contributed by atoms with Crippen molar-refractivity contribution in [1.82, 2.24) is 14.2 Å². The van der Waals surface area contributed by atoms with Crippen molar-refractivity contribution in [3.05, 3.63) is 75.8 Å². The maximum Gasteiger partial charge on any atom is 0.403 e. The molecular formula is C47H64N6O9S+2. The summed E-state index contributed by atoms with van der Waals surface area (Å²) < 4.78 is 49.6. The molecule has 15 nitrogen and oxygen atoms in total. The van der Waals surface area contributed by atoms with Gasteiger partial charge in [-0.3, -0.25) is 14.4 Å². The molecule has 63 heavy (non-hydrogen) atoms. The van der Waals surface area contributed by atoms with E-state index in [1.807, 2.05) is 44.5 Å². The van der Waals surface area contributed by atoms with E-state index in [9.17, 15) is 32.1 Å². The van der Waals surface area contributed by atoms with Gasteiger partial charge in [-0.1, -0.05) is 6.92 Å². The van der Waals surface area contributed by atoms with Gasteiger partial charge < -0.3 is 23.9 Å². The topological polar surface area (TPSA) is 167 Å². The molecule has 340 valence electrons. The van der Waals surface area contributed by atoms with Gasteiger partial charge >= 0.3 is 5.97 Å². The highest BCUT2D eigenvalue weighted by Crippen LogP contribution is 2.49. The van der Waals surface area contributed by atoms with Crippen molar-refractivity contribution >= 4 is 50.5 Å². The Hall–Kier alpha value is -5.19. The predicted octanol–water partition coefficient (Wildman–Crippen LogP) is 2.51. The Kier molecular flexibility index (Phi) is 13.6. The lowest BCUT2D eigenvalue weighted by Crippen LogP contribution is -3.11. The molecule has 0 radical (unpaired) electrons. The van der Waals surface area contributed by atoms with Crippen LogP contribution in [0.1, 0.15) is 123 Å². The van der Waals surface area contributed by atoms with Gasteiger partial charge in [-0.15, -0.1) is 5.06 Å². The number of ketones is 1. The number of imidazole rings is 1. The fourth-order valence-corrected chi connectivity index (χ4v) is 10.7. The number of Topliss-reactive ketones (excluding diaryl/α,β-unsaturated/α-hetero) is 1. The summed E-state index contributed by atoms with van der Waals surface area (Å²) in [5.74, 6) is -3.31. The van der Waals surface area contributed by atoms with Crippen LogP contribution < -0.4 is 34.3 Å². The first-order valence-electron chi connectivity index (χ1n) is 22.2. The molecule has 0 spiro atoms. The lowest BCUT2D eigenvalue weighted by Gasteiger charge is -2.48. The third-order valence-electron chi connectivity index (χ3n) is 13.0. The van der Waals surface area contributed by atoms with Crippen LogP contribution in [0.4, 0.5) is 5.69 Å². The molecule has 2 aromatic carbocycles. The number of benzene rings is 2. The normalized spacial score (nSPS) is 18.5. The standard InChI is InChI=1S/C41H48N5O9S.C6H15N/c1-9-24-20-40(4,5)44(10-2)30-18-33-28(16-26(24)30)37(38-42(8)14-15-43(38)22-32(47)39(50)55-46-35(48)12-13-36(46)49)29-17-27-25(23-56(51,52)53)21-41(6,7)45(11-3)31(27)19-34(29)54-33;1-4-7(5-2)6-3/h14-20,25H,9-13,21-23H2,1-8H3;4-6H2,1-3H3/q+1;/p+1. The summed E-state index contributed by atoms with van der Waals surface area (Å²) in [6.45, 7) is 26.0. The van der Waals surface area contributed by atoms with E-state index >= 15 is 0 Å². The summed E-state index contributed by atoms with van der Waals surface area (Å²) in [7, 11) is -2.80. The fourth-order valence-electron chi connectivity index (χ4n) is 9.90. The van der Waals surface area contributed by atoms with Gasteiger partial charge in [0.2, 0.25) is 5.36 Å². The highest BCUT2D eigenvalue weighted by Gasteiger charge is 2.42. The number of hydroxylamine groups is 2. The van der Waals surface area contributed by atoms with Crippen molar-refractivity contribution in [2.45, 2.75) is 118 Å². The third-order valence-corrected chi connectivity index (χ3v) is 13.8. The zero-order chi connectivity index (χ0) is 46.3. The molecule has 3 aromatic rings. The van der Waals surface area contributed by atoms with Gasteiger partial charge in [-0.25, -0.2) is 26.9 Å². The lowest BCUT2D eigenvalue weighted by molar-refractivity contribution is -0.894. The molecule has 4 aliphatic rings. The molecule has 1 saturated heterocycles. The minimum absolute atomic E-state index is 0.109. The van der Waals surface area contributed by atoms with Crippen molar-refractivity contribution in [1.29, 1.82) is 0 Å². The zero-order valence-corrected chi connectivity index (χ0v) is 39.5. The number of fused-ring (bicyclic) bond motifs is 4. The Bertz CT molecular complexity index is 2600. The van der Waals surface area contributed by atoms with E-state index in [-0.39, 0.29) is 18.4 Å². The number of rotatable bonds is 13. The monoisotopic (exact) mass is 888 g/mol. The number of amides is 2. The number of allylic oxidation sites excluding steroid dienone is 1. The molecule has 1 aromatic heterocycles. The summed E-state index contributed by atoms with van der Waals surface area (Å²) in [6.07, 6.45) is 6.64. The van der Waals surface area contributed by atoms with E-state index in [0.717, 1.165) is 35.1 Å². The zero-order valence-electron chi connectivity index (χ0n) is 38.7. The number of anilines is 1. The number of aryl methyl sites for hydroxylation is 1. The smallest absolute Gasteiger partial charge is 0.403 e. The average Bonchev–Trinajstić information content (AvgIpc) is 3.73. The number of hydrogen-bond donors (Lipinski definition) is 1. The van der Waals surface area contributed by atoms with Crippen LogP contribution in [-0.2, 0) is 47.7 Å². The number of hydrogen-bond acceptors (Lipinski definition) is 10. The Labute approximate surface area is 371 Å². The van der Waals surface area contributed by atoms with E-state index in [1.165, 1.54) is 19.6 Å². The first-order chi connectivity index (χ1) is 29.6. The molecule has 0 aliphatic carbocycles. The Balaban J connectivity index is 0.000000871. The molecule has 4 aliphatic heterocycles. The fraction of sp³-hybridized carbons (Fsp3) is 0.532. The second-order valence-electron chi connectivity index (χ2n) is 17.9. The van der Waals surface area contributed by atoms with Gasteiger partial charge in [0.15, 0.2) is 12.1 Å². The van der Waals surface area contributed by atoms with Crippen molar-refractivity contribution < 1.29 is 51.2 Å². The number of nitrogens with zero attached hydrogens (tertiary/aromatic N) is 5. The maximum atomic E-state index is 13.5. The van der Waals surface area contributed by atoms with Crippen LogP contribution >= 0.6 is 0 Å². The summed E-state index contributed by atoms with van der Waals surface area (Å²) >= 11 is 0. The summed E-state index contributed by atoms with van der Waals surface area (Å²) in [4.78, 5) is 59.5. The number of quaternary nitrogens is 1. The van der Waals surface area contributed by atoms with Gasteiger partial charge in [0.25, 0.3) is 23.4 Å². The van der Waals surface area contributed by atoms with Crippen LogP contribution in [0, 0.1) is 0 Å². The summed E-state index contributed by atoms with van der Waals surface area (Å²) in [5.41, 5.74) is 4.16. The molecule has 1 N–H and O–H groups in total. The summed E-state index contributed by atoms with van der Waals surface area (Å²) in [6, 6.07) is 7.97. The number of likely N-dealkylation sites (N-methyl/N-ethyl adjacent to an activating group) is 1. The molecule has 0 saturated carbocycles. The average molecular weight is 889 g/mol. The molecule has 1 fully saturated rings. The Morgan fingerprint density at radius 2 is 1.59 bits per heavy atom. The number of carbonyl (C=O) groups excluding carboxylic acids is 4. The molecule has 1 unspecified atom stereocenters. The number of carbonyl (C=O) groups is 4. The largest absolute Gasteiger partial charge is 0.748 e. The van der Waals surface area contributed by atoms with Gasteiger partial charge in [0, 0.05) is 78.5 Å². The Morgan fingerprint density at radius 1 is 0.937 bits per heavy atom.